The molecular formula is C17H29NO3. The summed E-state index contributed by atoms with van der Waals surface area (Å²) >= 11 is 0. The average molecular weight is 295 g/mol. The second-order valence-electron chi connectivity index (χ2n) is 7.97. The molecule has 4 heteroatoms. The molecule has 0 spiro atoms. The first kappa shape index (κ1) is 16.3. The number of hydrogen-bond acceptors (Lipinski definition) is 2. The highest BCUT2D eigenvalue weighted by atomic mass is 16.4. The van der Waals surface area contributed by atoms with Crippen molar-refractivity contribution in [2.75, 3.05) is 13.1 Å². The third-order valence-electron chi connectivity index (χ3n) is 5.11. The van der Waals surface area contributed by atoms with E-state index in [0.717, 1.165) is 38.5 Å². The molecule has 0 aromatic rings. The summed E-state index contributed by atoms with van der Waals surface area (Å²) in [7, 11) is 0. The van der Waals surface area contributed by atoms with Gasteiger partial charge >= 0.3 is 5.97 Å². The standard InChI is InChI=1S/C17H29NO3/c1-17(2,3)14-8-6-13(7-9-14)16(21)18(11-15(19)20)10-12-4-5-12/h12-14H,4-11H2,1-3H3,(H,19,20). The van der Waals surface area contributed by atoms with E-state index in [-0.39, 0.29) is 18.4 Å². The highest BCUT2D eigenvalue weighted by molar-refractivity contribution is 5.83. The molecule has 2 rings (SSSR count). The molecule has 0 saturated heterocycles. The molecule has 0 heterocycles. The van der Waals surface area contributed by atoms with Crippen LogP contribution in [0.15, 0.2) is 0 Å². The first-order chi connectivity index (χ1) is 9.77. The number of rotatable bonds is 5. The zero-order chi connectivity index (χ0) is 15.6. The van der Waals surface area contributed by atoms with Gasteiger partial charge in [-0.05, 0) is 55.8 Å². The highest BCUT2D eigenvalue weighted by Gasteiger charge is 2.36. The SMILES string of the molecule is CC(C)(C)C1CCC(C(=O)N(CC(=O)O)CC2CC2)CC1. The minimum atomic E-state index is -0.896. The molecule has 0 aromatic carbocycles. The van der Waals surface area contributed by atoms with E-state index in [0.29, 0.717) is 23.8 Å². The van der Waals surface area contributed by atoms with Crippen LogP contribution in [0.1, 0.15) is 59.3 Å². The smallest absolute Gasteiger partial charge is 0.323 e. The van der Waals surface area contributed by atoms with Crippen LogP contribution in [-0.4, -0.2) is 35.0 Å². The van der Waals surface area contributed by atoms with Gasteiger partial charge in [0.15, 0.2) is 0 Å². The number of nitrogens with zero attached hydrogens (tertiary/aromatic N) is 1. The zero-order valence-corrected chi connectivity index (χ0v) is 13.6. The Kier molecular flexibility index (Phi) is 4.95. The van der Waals surface area contributed by atoms with Crippen molar-refractivity contribution < 1.29 is 14.7 Å². The van der Waals surface area contributed by atoms with E-state index in [1.54, 1.807) is 4.90 Å². The topological polar surface area (TPSA) is 57.6 Å². The van der Waals surface area contributed by atoms with Gasteiger partial charge in [-0.25, -0.2) is 0 Å². The quantitative estimate of drug-likeness (QED) is 0.847. The molecule has 2 aliphatic rings. The summed E-state index contributed by atoms with van der Waals surface area (Å²) in [5.74, 6) is 0.447. The molecule has 2 aliphatic carbocycles. The number of aliphatic carboxylic acids is 1. The lowest BCUT2D eigenvalue weighted by Gasteiger charge is -2.37. The van der Waals surface area contributed by atoms with E-state index in [2.05, 4.69) is 20.8 Å². The van der Waals surface area contributed by atoms with Gasteiger partial charge in [-0.3, -0.25) is 9.59 Å². The Labute approximate surface area is 127 Å². The normalized spacial score (nSPS) is 26.4. The van der Waals surface area contributed by atoms with Gasteiger partial charge in [-0.15, -0.1) is 0 Å². The molecule has 0 atom stereocenters. The average Bonchev–Trinajstić information content (AvgIpc) is 3.20. The van der Waals surface area contributed by atoms with Gasteiger partial charge in [0.05, 0.1) is 0 Å². The Morgan fingerprint density at radius 2 is 1.62 bits per heavy atom. The summed E-state index contributed by atoms with van der Waals surface area (Å²) in [6.07, 6.45) is 6.29. The number of carbonyl (C=O) groups is 2. The monoisotopic (exact) mass is 295 g/mol. The number of carbonyl (C=O) groups excluding carboxylic acids is 1. The van der Waals surface area contributed by atoms with Crippen molar-refractivity contribution >= 4 is 11.9 Å². The van der Waals surface area contributed by atoms with Crippen LogP contribution in [0.25, 0.3) is 0 Å². The fourth-order valence-electron chi connectivity index (χ4n) is 3.47. The highest BCUT2D eigenvalue weighted by Crippen LogP contribution is 2.40. The molecule has 2 fully saturated rings. The lowest BCUT2D eigenvalue weighted by molar-refractivity contribution is -0.147. The van der Waals surface area contributed by atoms with E-state index in [4.69, 9.17) is 5.11 Å². The fourth-order valence-corrected chi connectivity index (χ4v) is 3.47. The fraction of sp³-hybridized carbons (Fsp3) is 0.882. The lowest BCUT2D eigenvalue weighted by atomic mass is 9.69. The van der Waals surface area contributed by atoms with Crippen molar-refractivity contribution in [2.45, 2.75) is 59.3 Å². The second-order valence-corrected chi connectivity index (χ2v) is 7.97. The molecule has 120 valence electrons. The summed E-state index contributed by atoms with van der Waals surface area (Å²) in [5.41, 5.74) is 0.308. The molecule has 0 radical (unpaired) electrons. The first-order valence-electron chi connectivity index (χ1n) is 8.28. The number of amides is 1. The molecule has 0 bridgehead atoms. The summed E-state index contributed by atoms with van der Waals surface area (Å²) < 4.78 is 0. The largest absolute Gasteiger partial charge is 0.480 e. The maximum absolute atomic E-state index is 12.6. The predicted molar refractivity (Wildman–Crippen MR) is 81.8 cm³/mol. The second kappa shape index (κ2) is 6.37. The van der Waals surface area contributed by atoms with Crippen molar-refractivity contribution in [3.8, 4) is 0 Å². The van der Waals surface area contributed by atoms with Gasteiger partial charge in [0.1, 0.15) is 6.54 Å². The summed E-state index contributed by atoms with van der Waals surface area (Å²) in [5, 5.41) is 9.02. The third kappa shape index (κ3) is 4.72. The van der Waals surface area contributed by atoms with E-state index < -0.39 is 5.97 Å². The molecule has 4 nitrogen and oxygen atoms in total. The Morgan fingerprint density at radius 3 is 2.05 bits per heavy atom. The maximum Gasteiger partial charge on any atom is 0.323 e. The third-order valence-corrected chi connectivity index (χ3v) is 5.11. The summed E-state index contributed by atoms with van der Waals surface area (Å²) in [6.45, 7) is 7.32. The maximum atomic E-state index is 12.6. The molecule has 21 heavy (non-hydrogen) atoms. The van der Waals surface area contributed by atoms with Crippen molar-refractivity contribution in [3.63, 3.8) is 0 Å². The molecule has 2 saturated carbocycles. The number of carboxylic acids is 1. The predicted octanol–water partition coefficient (Wildman–Crippen LogP) is 3.16. The first-order valence-corrected chi connectivity index (χ1v) is 8.28. The Bertz CT molecular complexity index is 387. The van der Waals surface area contributed by atoms with Crippen LogP contribution in [0.5, 0.6) is 0 Å². The van der Waals surface area contributed by atoms with Crippen molar-refractivity contribution in [2.24, 2.45) is 23.2 Å². The number of hydrogen-bond donors (Lipinski definition) is 1. The van der Waals surface area contributed by atoms with Crippen LogP contribution in [0, 0.1) is 23.2 Å². The molecule has 0 aromatic heterocycles. The van der Waals surface area contributed by atoms with Gasteiger partial charge in [0.25, 0.3) is 0 Å². The van der Waals surface area contributed by atoms with E-state index >= 15 is 0 Å². The van der Waals surface area contributed by atoms with Crippen molar-refractivity contribution in [1.82, 2.24) is 4.90 Å². The summed E-state index contributed by atoms with van der Waals surface area (Å²) in [4.78, 5) is 25.2. The van der Waals surface area contributed by atoms with Crippen LogP contribution in [0.4, 0.5) is 0 Å². The molecule has 0 aliphatic heterocycles. The van der Waals surface area contributed by atoms with E-state index in [1.165, 1.54) is 0 Å². The van der Waals surface area contributed by atoms with Crippen LogP contribution in [0.3, 0.4) is 0 Å². The molecule has 1 N–H and O–H groups in total. The Balaban J connectivity index is 1.90. The van der Waals surface area contributed by atoms with Gasteiger partial charge in [-0.2, -0.15) is 0 Å². The van der Waals surface area contributed by atoms with E-state index in [9.17, 15) is 9.59 Å². The van der Waals surface area contributed by atoms with Crippen molar-refractivity contribution in [3.05, 3.63) is 0 Å². The van der Waals surface area contributed by atoms with Crippen LogP contribution in [0.2, 0.25) is 0 Å². The van der Waals surface area contributed by atoms with Crippen LogP contribution >= 0.6 is 0 Å². The van der Waals surface area contributed by atoms with Gasteiger partial charge in [-0.1, -0.05) is 20.8 Å². The van der Waals surface area contributed by atoms with Crippen molar-refractivity contribution in [1.29, 1.82) is 0 Å². The van der Waals surface area contributed by atoms with Crippen LogP contribution < -0.4 is 0 Å². The number of carboxylic acid groups (broad SMARTS) is 1. The Morgan fingerprint density at radius 1 is 1.05 bits per heavy atom. The molecule has 0 unspecified atom stereocenters. The van der Waals surface area contributed by atoms with Gasteiger partial charge < -0.3 is 10.0 Å². The zero-order valence-electron chi connectivity index (χ0n) is 13.6. The van der Waals surface area contributed by atoms with Crippen LogP contribution in [-0.2, 0) is 9.59 Å². The molecule has 1 amide bonds. The van der Waals surface area contributed by atoms with E-state index in [1.807, 2.05) is 0 Å². The lowest BCUT2D eigenvalue weighted by Crippen LogP contribution is -2.42. The Hall–Kier alpha value is -1.06. The molecular weight excluding hydrogens is 266 g/mol. The van der Waals surface area contributed by atoms with Gasteiger partial charge in [0.2, 0.25) is 5.91 Å². The minimum Gasteiger partial charge on any atom is -0.480 e. The summed E-state index contributed by atoms with van der Waals surface area (Å²) in [6, 6.07) is 0. The minimum absolute atomic E-state index is 0.0432. The van der Waals surface area contributed by atoms with Gasteiger partial charge in [0, 0.05) is 12.5 Å².